The molecule has 2 aromatic carbocycles. The van der Waals surface area contributed by atoms with Crippen LogP contribution < -0.4 is 0 Å². The zero-order valence-corrected chi connectivity index (χ0v) is 14.3. The third-order valence-electron chi connectivity index (χ3n) is 4.20. The summed E-state index contributed by atoms with van der Waals surface area (Å²) in [7, 11) is 2.03. The Morgan fingerprint density at radius 1 is 1.08 bits per heavy atom. The minimum Gasteiger partial charge on any atom is -0.395 e. The molecule has 2 heterocycles. The van der Waals surface area contributed by atoms with E-state index in [9.17, 15) is 5.11 Å². The number of fused-ring (bicyclic) bond motifs is 3. The molecule has 2 aromatic heterocycles. The van der Waals surface area contributed by atoms with E-state index in [1.165, 1.54) is 15.9 Å². The van der Waals surface area contributed by atoms with E-state index in [1.807, 2.05) is 25.2 Å². The minimum absolute atomic E-state index is 0.156. The van der Waals surface area contributed by atoms with Crippen LogP contribution >= 0.6 is 11.3 Å². The molecule has 122 valence electrons. The quantitative estimate of drug-likeness (QED) is 0.604. The lowest BCUT2D eigenvalue weighted by molar-refractivity contribution is 0.216. The third-order valence-corrected chi connectivity index (χ3v) is 5.22. The number of aliphatic hydroxyl groups excluding tert-OH is 1. The van der Waals surface area contributed by atoms with E-state index >= 15 is 0 Å². The smallest absolute Gasteiger partial charge is 0.195 e. The molecule has 4 rings (SSSR count). The van der Waals surface area contributed by atoms with Gasteiger partial charge in [-0.2, -0.15) is 0 Å². The van der Waals surface area contributed by atoms with Gasteiger partial charge in [0.15, 0.2) is 4.96 Å². The van der Waals surface area contributed by atoms with E-state index < -0.39 is 0 Å². The van der Waals surface area contributed by atoms with Crippen molar-refractivity contribution >= 4 is 26.5 Å². The standard InChI is InChI=1S/C19H19N3OS/c1-21(11-12-23)13-16-18(14-7-3-2-4-8-14)20-19-22(16)15-9-5-6-10-17(15)24-19/h2-10,23H,11-13H2,1H3. The van der Waals surface area contributed by atoms with Crippen LogP contribution in [0.5, 0.6) is 0 Å². The molecule has 5 heteroatoms. The Morgan fingerprint density at radius 3 is 2.62 bits per heavy atom. The Bertz CT molecular complexity index is 974. The van der Waals surface area contributed by atoms with Crippen molar-refractivity contribution in [2.24, 2.45) is 0 Å². The lowest BCUT2D eigenvalue weighted by Crippen LogP contribution is -2.22. The normalized spacial score (nSPS) is 11.8. The van der Waals surface area contributed by atoms with Crippen molar-refractivity contribution in [3.63, 3.8) is 0 Å². The van der Waals surface area contributed by atoms with Crippen LogP contribution in [0.15, 0.2) is 54.6 Å². The lowest BCUT2D eigenvalue weighted by atomic mass is 10.1. The number of benzene rings is 2. The van der Waals surface area contributed by atoms with Crippen LogP contribution in [-0.2, 0) is 6.54 Å². The van der Waals surface area contributed by atoms with Gasteiger partial charge in [0, 0.05) is 18.7 Å². The highest BCUT2D eigenvalue weighted by atomic mass is 32.1. The predicted molar refractivity (Wildman–Crippen MR) is 99.4 cm³/mol. The molecule has 0 aliphatic carbocycles. The third kappa shape index (κ3) is 2.60. The number of thiazole rings is 1. The topological polar surface area (TPSA) is 40.8 Å². The lowest BCUT2D eigenvalue weighted by Gasteiger charge is -2.16. The summed E-state index contributed by atoms with van der Waals surface area (Å²) in [5.74, 6) is 0. The van der Waals surface area contributed by atoms with Crippen molar-refractivity contribution in [1.29, 1.82) is 0 Å². The fraction of sp³-hybridized carbons (Fsp3) is 0.211. The van der Waals surface area contributed by atoms with Gasteiger partial charge < -0.3 is 5.11 Å². The highest BCUT2D eigenvalue weighted by molar-refractivity contribution is 7.23. The fourth-order valence-electron chi connectivity index (χ4n) is 3.05. The first-order valence-electron chi connectivity index (χ1n) is 8.01. The van der Waals surface area contributed by atoms with Crippen LogP contribution in [0, 0.1) is 0 Å². The number of hydrogen-bond donors (Lipinski definition) is 1. The first-order chi connectivity index (χ1) is 11.8. The van der Waals surface area contributed by atoms with Gasteiger partial charge in [0.05, 0.1) is 28.2 Å². The van der Waals surface area contributed by atoms with Gasteiger partial charge in [-0.3, -0.25) is 9.30 Å². The molecule has 4 aromatic rings. The van der Waals surface area contributed by atoms with Crippen molar-refractivity contribution in [3.05, 3.63) is 60.3 Å². The molecule has 0 radical (unpaired) electrons. The average Bonchev–Trinajstić information content (AvgIpc) is 3.13. The number of imidazole rings is 1. The molecular formula is C19H19N3OS. The second-order valence-electron chi connectivity index (χ2n) is 5.92. The van der Waals surface area contributed by atoms with E-state index in [-0.39, 0.29) is 6.61 Å². The summed E-state index contributed by atoms with van der Waals surface area (Å²) in [4.78, 5) is 8.07. The molecule has 24 heavy (non-hydrogen) atoms. The number of hydrogen-bond acceptors (Lipinski definition) is 4. The van der Waals surface area contributed by atoms with Crippen LogP contribution in [0.25, 0.3) is 26.4 Å². The summed E-state index contributed by atoms with van der Waals surface area (Å²) in [5, 5.41) is 9.23. The Labute approximate surface area is 144 Å². The molecule has 0 aliphatic heterocycles. The summed E-state index contributed by atoms with van der Waals surface area (Å²) in [6.45, 7) is 1.54. The highest BCUT2D eigenvalue weighted by Crippen LogP contribution is 2.33. The summed E-state index contributed by atoms with van der Waals surface area (Å²) >= 11 is 1.72. The number of aromatic nitrogens is 2. The SMILES string of the molecule is CN(CCO)Cc1c(-c2ccccc2)nc2sc3ccccc3n12. The van der Waals surface area contributed by atoms with Crippen molar-refractivity contribution in [2.45, 2.75) is 6.54 Å². The van der Waals surface area contributed by atoms with Gasteiger partial charge >= 0.3 is 0 Å². The molecular weight excluding hydrogens is 318 g/mol. The van der Waals surface area contributed by atoms with Crippen LogP contribution in [0.4, 0.5) is 0 Å². The van der Waals surface area contributed by atoms with Gasteiger partial charge in [-0.25, -0.2) is 4.98 Å². The number of likely N-dealkylation sites (N-methyl/N-ethyl adjacent to an activating group) is 1. The predicted octanol–water partition coefficient (Wildman–Crippen LogP) is 3.64. The van der Waals surface area contributed by atoms with E-state index in [2.05, 4.69) is 45.7 Å². The molecule has 0 unspecified atom stereocenters. The maximum Gasteiger partial charge on any atom is 0.195 e. The Hall–Kier alpha value is -2.21. The second-order valence-corrected chi connectivity index (χ2v) is 6.93. The molecule has 0 saturated carbocycles. The first-order valence-corrected chi connectivity index (χ1v) is 8.83. The van der Waals surface area contributed by atoms with Gasteiger partial charge in [-0.1, -0.05) is 53.8 Å². The average molecular weight is 337 g/mol. The molecule has 0 saturated heterocycles. The molecule has 1 N–H and O–H groups in total. The van der Waals surface area contributed by atoms with Gasteiger partial charge in [0.1, 0.15) is 0 Å². The fourth-order valence-corrected chi connectivity index (χ4v) is 4.10. The van der Waals surface area contributed by atoms with Gasteiger partial charge in [-0.05, 0) is 19.2 Å². The molecule has 0 spiro atoms. The second kappa shape index (κ2) is 6.36. The summed E-state index contributed by atoms with van der Waals surface area (Å²) in [6, 6.07) is 18.7. The number of nitrogens with zero attached hydrogens (tertiary/aromatic N) is 3. The van der Waals surface area contributed by atoms with Gasteiger partial charge in [0.25, 0.3) is 0 Å². The number of aliphatic hydroxyl groups is 1. The van der Waals surface area contributed by atoms with E-state index in [0.717, 1.165) is 22.8 Å². The van der Waals surface area contributed by atoms with Crippen LogP contribution in [0.3, 0.4) is 0 Å². The zero-order chi connectivity index (χ0) is 16.5. The van der Waals surface area contributed by atoms with Crippen LogP contribution in [0.1, 0.15) is 5.69 Å². The zero-order valence-electron chi connectivity index (χ0n) is 13.5. The van der Waals surface area contributed by atoms with Crippen LogP contribution in [-0.4, -0.2) is 39.6 Å². The monoisotopic (exact) mass is 337 g/mol. The van der Waals surface area contributed by atoms with E-state index in [1.54, 1.807) is 11.3 Å². The Kier molecular flexibility index (Phi) is 4.06. The van der Waals surface area contributed by atoms with Crippen molar-refractivity contribution < 1.29 is 5.11 Å². The number of rotatable bonds is 5. The Balaban J connectivity index is 1.94. The molecule has 0 fully saturated rings. The molecule has 4 nitrogen and oxygen atoms in total. The van der Waals surface area contributed by atoms with Crippen molar-refractivity contribution in [1.82, 2.24) is 14.3 Å². The maximum absolute atomic E-state index is 9.23. The van der Waals surface area contributed by atoms with Crippen molar-refractivity contribution in [2.75, 3.05) is 20.2 Å². The molecule has 0 amide bonds. The summed E-state index contributed by atoms with van der Waals surface area (Å²) in [5.41, 5.74) is 4.52. The minimum atomic E-state index is 0.156. The van der Waals surface area contributed by atoms with E-state index in [4.69, 9.17) is 4.98 Å². The summed E-state index contributed by atoms with van der Waals surface area (Å²) < 4.78 is 3.50. The van der Waals surface area contributed by atoms with Gasteiger partial charge in [0.2, 0.25) is 0 Å². The Morgan fingerprint density at radius 2 is 1.83 bits per heavy atom. The largest absolute Gasteiger partial charge is 0.395 e. The molecule has 0 aliphatic rings. The van der Waals surface area contributed by atoms with Gasteiger partial charge in [-0.15, -0.1) is 0 Å². The highest BCUT2D eigenvalue weighted by Gasteiger charge is 2.19. The van der Waals surface area contributed by atoms with Crippen molar-refractivity contribution in [3.8, 4) is 11.3 Å². The van der Waals surface area contributed by atoms with Crippen LogP contribution in [0.2, 0.25) is 0 Å². The molecule has 0 bridgehead atoms. The maximum atomic E-state index is 9.23. The number of para-hydroxylation sites is 1. The van der Waals surface area contributed by atoms with E-state index in [0.29, 0.717) is 6.54 Å². The molecule has 0 atom stereocenters. The first kappa shape index (κ1) is 15.3. The summed E-state index contributed by atoms with van der Waals surface area (Å²) in [6.07, 6.45) is 0.